The molecule has 2 saturated heterocycles. The second-order valence-electron chi connectivity index (χ2n) is 6.35. The SMILES string of the molecule is CCCCC1COC(C2COC(c3ccc(Cl)cc3)OC2)OC1. The molecule has 2 fully saturated rings. The first-order valence-corrected chi connectivity index (χ1v) is 8.86. The van der Waals surface area contributed by atoms with Crippen molar-refractivity contribution in [3.63, 3.8) is 0 Å². The quantitative estimate of drug-likeness (QED) is 0.805. The summed E-state index contributed by atoms with van der Waals surface area (Å²) in [7, 11) is 0. The van der Waals surface area contributed by atoms with Crippen molar-refractivity contribution >= 4 is 11.6 Å². The summed E-state index contributed by atoms with van der Waals surface area (Å²) >= 11 is 5.90. The Hall–Kier alpha value is -0.650. The van der Waals surface area contributed by atoms with E-state index in [9.17, 15) is 0 Å². The molecule has 2 aliphatic heterocycles. The summed E-state index contributed by atoms with van der Waals surface area (Å²) in [5.74, 6) is 0.657. The van der Waals surface area contributed by atoms with Gasteiger partial charge in [-0.25, -0.2) is 0 Å². The van der Waals surface area contributed by atoms with Gasteiger partial charge >= 0.3 is 0 Å². The van der Waals surface area contributed by atoms with Crippen LogP contribution in [-0.4, -0.2) is 32.7 Å². The van der Waals surface area contributed by atoms with E-state index < -0.39 is 0 Å². The largest absolute Gasteiger partial charge is 0.352 e. The van der Waals surface area contributed by atoms with Crippen LogP contribution in [-0.2, 0) is 18.9 Å². The molecule has 0 radical (unpaired) electrons. The van der Waals surface area contributed by atoms with E-state index in [2.05, 4.69) is 6.92 Å². The van der Waals surface area contributed by atoms with Crippen LogP contribution < -0.4 is 0 Å². The Bertz CT molecular complexity index is 462. The van der Waals surface area contributed by atoms with Gasteiger partial charge in [0.1, 0.15) is 0 Å². The van der Waals surface area contributed by atoms with Gasteiger partial charge in [0.2, 0.25) is 0 Å². The second-order valence-corrected chi connectivity index (χ2v) is 6.79. The Kier molecular flexibility index (Phi) is 6.31. The summed E-state index contributed by atoms with van der Waals surface area (Å²) in [6.07, 6.45) is 3.10. The minimum absolute atomic E-state index is 0.130. The highest BCUT2D eigenvalue weighted by Crippen LogP contribution is 2.30. The summed E-state index contributed by atoms with van der Waals surface area (Å²) in [4.78, 5) is 0. The molecule has 3 rings (SSSR count). The number of hydrogen-bond donors (Lipinski definition) is 0. The van der Waals surface area contributed by atoms with Crippen LogP contribution in [0.3, 0.4) is 0 Å². The Morgan fingerprint density at radius 2 is 1.61 bits per heavy atom. The molecular weight excluding hydrogens is 316 g/mol. The summed E-state index contributed by atoms with van der Waals surface area (Å²) in [6.45, 7) is 4.93. The standard InChI is InChI=1S/C18H25ClO4/c1-2-3-4-13-9-20-18(21-10-13)15-11-22-17(23-12-15)14-5-7-16(19)8-6-14/h5-8,13,15,17-18H,2-4,9-12H2,1H3. The Labute approximate surface area is 143 Å². The lowest BCUT2D eigenvalue weighted by molar-refractivity contribution is -0.283. The first kappa shape index (κ1) is 17.2. The van der Waals surface area contributed by atoms with Gasteiger partial charge in [0.25, 0.3) is 0 Å². The number of rotatable bonds is 5. The van der Waals surface area contributed by atoms with E-state index in [0.29, 0.717) is 24.2 Å². The Morgan fingerprint density at radius 1 is 0.957 bits per heavy atom. The maximum absolute atomic E-state index is 5.90. The Morgan fingerprint density at radius 3 is 2.22 bits per heavy atom. The van der Waals surface area contributed by atoms with E-state index in [0.717, 1.165) is 18.8 Å². The van der Waals surface area contributed by atoms with E-state index in [1.54, 1.807) is 0 Å². The smallest absolute Gasteiger partial charge is 0.183 e. The van der Waals surface area contributed by atoms with E-state index in [1.807, 2.05) is 24.3 Å². The molecule has 0 amide bonds. The van der Waals surface area contributed by atoms with Crippen molar-refractivity contribution in [2.45, 2.75) is 38.8 Å². The summed E-state index contributed by atoms with van der Waals surface area (Å²) in [5.41, 5.74) is 0.984. The summed E-state index contributed by atoms with van der Waals surface area (Å²) < 4.78 is 23.4. The lowest BCUT2D eigenvalue weighted by Crippen LogP contribution is -2.43. The van der Waals surface area contributed by atoms with Crippen molar-refractivity contribution in [2.24, 2.45) is 11.8 Å². The topological polar surface area (TPSA) is 36.9 Å². The van der Waals surface area contributed by atoms with E-state index in [1.165, 1.54) is 19.3 Å². The minimum Gasteiger partial charge on any atom is -0.352 e. The summed E-state index contributed by atoms with van der Waals surface area (Å²) in [6, 6.07) is 7.55. The molecule has 0 spiro atoms. The molecule has 5 heteroatoms. The van der Waals surface area contributed by atoms with Crippen molar-refractivity contribution in [1.29, 1.82) is 0 Å². The third kappa shape index (κ3) is 4.68. The fourth-order valence-corrected chi connectivity index (χ4v) is 3.10. The molecule has 0 N–H and O–H groups in total. The van der Waals surface area contributed by atoms with Crippen molar-refractivity contribution in [1.82, 2.24) is 0 Å². The van der Waals surface area contributed by atoms with E-state index in [4.69, 9.17) is 30.5 Å². The van der Waals surface area contributed by atoms with Crippen molar-refractivity contribution in [2.75, 3.05) is 26.4 Å². The van der Waals surface area contributed by atoms with Crippen LogP contribution in [0.2, 0.25) is 5.02 Å². The predicted molar refractivity (Wildman–Crippen MR) is 88.3 cm³/mol. The number of unbranched alkanes of at least 4 members (excludes halogenated alkanes) is 1. The third-order valence-electron chi connectivity index (χ3n) is 4.41. The maximum atomic E-state index is 5.90. The molecular formula is C18H25ClO4. The first-order chi connectivity index (χ1) is 11.3. The van der Waals surface area contributed by atoms with Crippen molar-refractivity contribution < 1.29 is 18.9 Å². The van der Waals surface area contributed by atoms with Gasteiger partial charge in [-0.05, 0) is 18.6 Å². The first-order valence-electron chi connectivity index (χ1n) is 8.48. The van der Waals surface area contributed by atoms with Gasteiger partial charge in [0, 0.05) is 16.5 Å². The molecule has 0 unspecified atom stereocenters. The fourth-order valence-electron chi connectivity index (χ4n) is 2.98. The van der Waals surface area contributed by atoms with Crippen molar-refractivity contribution in [3.8, 4) is 0 Å². The average molecular weight is 341 g/mol. The van der Waals surface area contributed by atoms with Gasteiger partial charge in [0.15, 0.2) is 12.6 Å². The van der Waals surface area contributed by atoms with Gasteiger partial charge in [0.05, 0.1) is 32.3 Å². The zero-order chi connectivity index (χ0) is 16.1. The predicted octanol–water partition coefficient (Wildman–Crippen LogP) is 4.18. The number of ether oxygens (including phenoxy) is 4. The number of benzene rings is 1. The molecule has 23 heavy (non-hydrogen) atoms. The normalized spacial score (nSPS) is 31.9. The molecule has 0 bridgehead atoms. The molecule has 4 nitrogen and oxygen atoms in total. The van der Waals surface area contributed by atoms with Crippen LogP contribution in [0.4, 0.5) is 0 Å². The third-order valence-corrected chi connectivity index (χ3v) is 4.66. The molecule has 0 atom stereocenters. The van der Waals surface area contributed by atoms with Crippen LogP contribution in [0.15, 0.2) is 24.3 Å². The number of hydrogen-bond acceptors (Lipinski definition) is 4. The maximum Gasteiger partial charge on any atom is 0.183 e. The number of halogens is 1. The van der Waals surface area contributed by atoms with Crippen LogP contribution in [0, 0.1) is 11.8 Å². The average Bonchev–Trinajstić information content (AvgIpc) is 2.61. The minimum atomic E-state index is -0.329. The molecule has 1 aromatic carbocycles. The zero-order valence-electron chi connectivity index (χ0n) is 13.6. The van der Waals surface area contributed by atoms with Crippen molar-refractivity contribution in [3.05, 3.63) is 34.9 Å². The van der Waals surface area contributed by atoms with Crippen LogP contribution >= 0.6 is 11.6 Å². The van der Waals surface area contributed by atoms with Crippen LogP contribution in [0.1, 0.15) is 38.0 Å². The molecule has 1 aromatic rings. The molecule has 2 heterocycles. The zero-order valence-corrected chi connectivity index (χ0v) is 14.3. The van der Waals surface area contributed by atoms with Gasteiger partial charge in [-0.3, -0.25) is 0 Å². The van der Waals surface area contributed by atoms with Crippen LogP contribution in [0.5, 0.6) is 0 Å². The molecule has 0 saturated carbocycles. The van der Waals surface area contributed by atoms with Gasteiger partial charge in [-0.1, -0.05) is 43.5 Å². The highest BCUT2D eigenvalue weighted by molar-refractivity contribution is 6.30. The monoisotopic (exact) mass is 340 g/mol. The van der Waals surface area contributed by atoms with Crippen LogP contribution in [0.25, 0.3) is 0 Å². The summed E-state index contributed by atoms with van der Waals surface area (Å²) in [5, 5.41) is 0.712. The molecule has 0 aromatic heterocycles. The van der Waals surface area contributed by atoms with Gasteiger partial charge in [-0.15, -0.1) is 0 Å². The second kappa shape index (κ2) is 8.45. The molecule has 2 aliphatic rings. The molecule has 0 aliphatic carbocycles. The fraction of sp³-hybridized carbons (Fsp3) is 0.667. The van der Waals surface area contributed by atoms with E-state index >= 15 is 0 Å². The highest BCUT2D eigenvalue weighted by Gasteiger charge is 2.33. The lowest BCUT2D eigenvalue weighted by atomic mass is 10.0. The lowest BCUT2D eigenvalue weighted by Gasteiger charge is -2.37. The van der Waals surface area contributed by atoms with Gasteiger partial charge < -0.3 is 18.9 Å². The Balaban J connectivity index is 1.43. The molecule has 128 valence electrons. The highest BCUT2D eigenvalue weighted by atomic mass is 35.5. The van der Waals surface area contributed by atoms with E-state index in [-0.39, 0.29) is 18.5 Å². The van der Waals surface area contributed by atoms with Gasteiger partial charge in [-0.2, -0.15) is 0 Å².